The standard InChI is InChI=1S/C17H20ClNS/c1-3-12-19-17(13-4-8-15(18)9-5-13)14-6-10-16(20-2)11-7-14/h4-11,17,19H,3,12H2,1-2H3. The predicted octanol–water partition coefficient (Wildman–Crippen LogP) is 5.15. The highest BCUT2D eigenvalue weighted by molar-refractivity contribution is 7.98. The summed E-state index contributed by atoms with van der Waals surface area (Å²) in [6.45, 7) is 3.18. The van der Waals surface area contributed by atoms with E-state index < -0.39 is 0 Å². The van der Waals surface area contributed by atoms with Gasteiger partial charge in [0.25, 0.3) is 0 Å². The fourth-order valence-electron chi connectivity index (χ4n) is 2.17. The highest BCUT2D eigenvalue weighted by Crippen LogP contribution is 2.25. The molecule has 2 aromatic carbocycles. The van der Waals surface area contributed by atoms with E-state index in [1.54, 1.807) is 11.8 Å². The van der Waals surface area contributed by atoms with Gasteiger partial charge in [0.1, 0.15) is 0 Å². The zero-order chi connectivity index (χ0) is 14.4. The minimum atomic E-state index is 0.225. The minimum Gasteiger partial charge on any atom is -0.306 e. The Balaban J connectivity index is 2.27. The molecule has 2 aromatic rings. The summed E-state index contributed by atoms with van der Waals surface area (Å²) in [7, 11) is 0. The van der Waals surface area contributed by atoms with Crippen molar-refractivity contribution < 1.29 is 0 Å². The normalized spacial score (nSPS) is 12.3. The summed E-state index contributed by atoms with van der Waals surface area (Å²) in [5.74, 6) is 0. The van der Waals surface area contributed by atoms with Crippen LogP contribution in [0.5, 0.6) is 0 Å². The van der Waals surface area contributed by atoms with E-state index in [4.69, 9.17) is 11.6 Å². The minimum absolute atomic E-state index is 0.225. The maximum Gasteiger partial charge on any atom is 0.0576 e. The molecule has 0 heterocycles. The Bertz CT molecular complexity index is 522. The van der Waals surface area contributed by atoms with Gasteiger partial charge in [0.05, 0.1) is 6.04 Å². The van der Waals surface area contributed by atoms with Crippen molar-refractivity contribution in [3.8, 4) is 0 Å². The van der Waals surface area contributed by atoms with Crippen molar-refractivity contribution >= 4 is 23.4 Å². The molecule has 1 atom stereocenters. The first-order chi connectivity index (χ1) is 9.74. The van der Waals surface area contributed by atoms with Crippen molar-refractivity contribution in [2.75, 3.05) is 12.8 Å². The SMILES string of the molecule is CCCNC(c1ccc(Cl)cc1)c1ccc(SC)cc1. The highest BCUT2D eigenvalue weighted by Gasteiger charge is 2.13. The Morgan fingerprint density at radius 1 is 1.00 bits per heavy atom. The van der Waals surface area contributed by atoms with Crippen LogP contribution in [0.15, 0.2) is 53.4 Å². The van der Waals surface area contributed by atoms with Crippen LogP contribution >= 0.6 is 23.4 Å². The summed E-state index contributed by atoms with van der Waals surface area (Å²) in [5, 5.41) is 4.39. The maximum atomic E-state index is 5.98. The van der Waals surface area contributed by atoms with Crippen LogP contribution in [0.4, 0.5) is 0 Å². The maximum absolute atomic E-state index is 5.98. The molecule has 0 fully saturated rings. The van der Waals surface area contributed by atoms with Gasteiger partial charge >= 0.3 is 0 Å². The van der Waals surface area contributed by atoms with Gasteiger partial charge in [0.15, 0.2) is 0 Å². The molecule has 1 N–H and O–H groups in total. The monoisotopic (exact) mass is 305 g/mol. The van der Waals surface area contributed by atoms with E-state index in [1.807, 2.05) is 12.1 Å². The molecule has 2 rings (SSSR count). The summed E-state index contributed by atoms with van der Waals surface area (Å²) in [4.78, 5) is 1.29. The lowest BCUT2D eigenvalue weighted by Gasteiger charge is -2.20. The third-order valence-electron chi connectivity index (χ3n) is 3.25. The van der Waals surface area contributed by atoms with Crippen molar-refractivity contribution in [1.29, 1.82) is 0 Å². The van der Waals surface area contributed by atoms with Gasteiger partial charge in [0.2, 0.25) is 0 Å². The summed E-state index contributed by atoms with van der Waals surface area (Å²) in [6.07, 6.45) is 3.22. The fraction of sp³-hybridized carbons (Fsp3) is 0.294. The molecule has 0 spiro atoms. The molecule has 0 aliphatic heterocycles. The zero-order valence-corrected chi connectivity index (χ0v) is 13.5. The van der Waals surface area contributed by atoms with Crippen LogP contribution in [0.1, 0.15) is 30.5 Å². The quantitative estimate of drug-likeness (QED) is 0.741. The number of hydrogen-bond acceptors (Lipinski definition) is 2. The summed E-state index contributed by atoms with van der Waals surface area (Å²) < 4.78 is 0. The van der Waals surface area contributed by atoms with Gasteiger partial charge in [-0.1, -0.05) is 42.8 Å². The van der Waals surface area contributed by atoms with Crippen molar-refractivity contribution in [3.05, 3.63) is 64.7 Å². The third-order valence-corrected chi connectivity index (χ3v) is 4.25. The number of benzene rings is 2. The van der Waals surface area contributed by atoms with Gasteiger partial charge in [-0.3, -0.25) is 0 Å². The average Bonchev–Trinajstić information content (AvgIpc) is 2.50. The Morgan fingerprint density at radius 2 is 1.55 bits per heavy atom. The van der Waals surface area contributed by atoms with Gasteiger partial charge in [0, 0.05) is 9.92 Å². The van der Waals surface area contributed by atoms with Crippen molar-refractivity contribution in [1.82, 2.24) is 5.32 Å². The number of hydrogen-bond donors (Lipinski definition) is 1. The molecule has 106 valence electrons. The lowest BCUT2D eigenvalue weighted by molar-refractivity contribution is 0.598. The summed E-state index contributed by atoms with van der Waals surface area (Å²) in [5.41, 5.74) is 2.54. The molecule has 20 heavy (non-hydrogen) atoms. The molecule has 0 aromatic heterocycles. The zero-order valence-electron chi connectivity index (χ0n) is 11.9. The van der Waals surface area contributed by atoms with Gasteiger partial charge < -0.3 is 5.32 Å². The number of thioether (sulfide) groups is 1. The van der Waals surface area contributed by atoms with Crippen molar-refractivity contribution in [3.63, 3.8) is 0 Å². The average molecular weight is 306 g/mol. The molecule has 0 saturated carbocycles. The van der Waals surface area contributed by atoms with Crippen molar-refractivity contribution in [2.24, 2.45) is 0 Å². The van der Waals surface area contributed by atoms with Crippen LogP contribution < -0.4 is 5.32 Å². The lowest BCUT2D eigenvalue weighted by Crippen LogP contribution is -2.23. The fourth-order valence-corrected chi connectivity index (χ4v) is 2.70. The summed E-state index contributed by atoms with van der Waals surface area (Å²) >= 11 is 7.75. The molecule has 0 saturated heterocycles. The smallest absolute Gasteiger partial charge is 0.0576 e. The molecule has 0 bridgehead atoms. The second-order valence-corrected chi connectivity index (χ2v) is 6.03. The number of nitrogens with one attached hydrogen (secondary N) is 1. The van der Waals surface area contributed by atoms with Gasteiger partial charge in [-0.05, 0) is 54.6 Å². The second kappa shape index (κ2) is 7.72. The Hall–Kier alpha value is -0.960. The van der Waals surface area contributed by atoms with E-state index >= 15 is 0 Å². The van der Waals surface area contributed by atoms with E-state index in [0.29, 0.717) is 0 Å². The Kier molecular flexibility index (Phi) is 5.96. The second-order valence-electron chi connectivity index (χ2n) is 4.71. The Morgan fingerprint density at radius 3 is 2.05 bits per heavy atom. The molecule has 3 heteroatoms. The first kappa shape index (κ1) is 15.4. The van der Waals surface area contributed by atoms with Crippen LogP contribution in [0, 0.1) is 0 Å². The topological polar surface area (TPSA) is 12.0 Å². The van der Waals surface area contributed by atoms with E-state index in [9.17, 15) is 0 Å². The molecule has 0 aliphatic carbocycles. The lowest BCUT2D eigenvalue weighted by atomic mass is 9.98. The van der Waals surface area contributed by atoms with Crippen molar-refractivity contribution in [2.45, 2.75) is 24.3 Å². The molecule has 0 amide bonds. The molecular formula is C17H20ClNS. The van der Waals surface area contributed by atoms with Crippen LogP contribution in [-0.4, -0.2) is 12.8 Å². The van der Waals surface area contributed by atoms with Crippen LogP contribution in [0.2, 0.25) is 5.02 Å². The largest absolute Gasteiger partial charge is 0.306 e. The predicted molar refractivity (Wildman–Crippen MR) is 89.8 cm³/mol. The number of halogens is 1. The van der Waals surface area contributed by atoms with Gasteiger partial charge in [-0.15, -0.1) is 11.8 Å². The summed E-state index contributed by atoms with van der Waals surface area (Å²) in [6, 6.07) is 17.1. The molecule has 1 nitrogen and oxygen atoms in total. The van der Waals surface area contributed by atoms with Gasteiger partial charge in [-0.25, -0.2) is 0 Å². The van der Waals surface area contributed by atoms with E-state index in [0.717, 1.165) is 18.0 Å². The number of rotatable bonds is 6. The first-order valence-corrected chi connectivity index (χ1v) is 8.47. The Labute approximate surface area is 130 Å². The highest BCUT2D eigenvalue weighted by atomic mass is 35.5. The molecule has 0 radical (unpaired) electrons. The van der Waals surface area contributed by atoms with E-state index in [-0.39, 0.29) is 6.04 Å². The molecule has 0 aliphatic rings. The van der Waals surface area contributed by atoms with Crippen LogP contribution in [0.3, 0.4) is 0 Å². The molecular weight excluding hydrogens is 286 g/mol. The first-order valence-electron chi connectivity index (χ1n) is 6.87. The third kappa shape index (κ3) is 4.02. The van der Waals surface area contributed by atoms with E-state index in [2.05, 4.69) is 54.9 Å². The van der Waals surface area contributed by atoms with Gasteiger partial charge in [-0.2, -0.15) is 0 Å². The van der Waals surface area contributed by atoms with Crippen LogP contribution in [0.25, 0.3) is 0 Å². The molecule has 1 unspecified atom stereocenters. The van der Waals surface area contributed by atoms with E-state index in [1.165, 1.54) is 16.0 Å². The van der Waals surface area contributed by atoms with Crippen LogP contribution in [-0.2, 0) is 0 Å².